The third-order valence-corrected chi connectivity index (χ3v) is 4.58. The maximum absolute atomic E-state index is 13.0. The molecule has 33 heavy (non-hydrogen) atoms. The zero-order valence-corrected chi connectivity index (χ0v) is 18.1. The summed E-state index contributed by atoms with van der Waals surface area (Å²) in [5.41, 5.74) is 0.254. The Morgan fingerprint density at radius 3 is 2.64 bits per heavy atom. The van der Waals surface area contributed by atoms with Gasteiger partial charge in [0.25, 0.3) is 5.91 Å². The van der Waals surface area contributed by atoms with Crippen molar-refractivity contribution in [3.63, 3.8) is 0 Å². The van der Waals surface area contributed by atoms with Gasteiger partial charge in [0, 0.05) is 31.6 Å². The summed E-state index contributed by atoms with van der Waals surface area (Å²) in [7, 11) is 0. The summed E-state index contributed by atoms with van der Waals surface area (Å²) >= 11 is 0. The van der Waals surface area contributed by atoms with Crippen molar-refractivity contribution in [1.82, 2.24) is 20.9 Å². The number of terminal acetylenes is 1. The summed E-state index contributed by atoms with van der Waals surface area (Å²) in [5, 5.41) is 7.76. The largest absolute Gasteiger partial charge is 0.377 e. The van der Waals surface area contributed by atoms with Crippen molar-refractivity contribution in [2.45, 2.75) is 12.5 Å². The van der Waals surface area contributed by atoms with Crippen molar-refractivity contribution in [3.05, 3.63) is 35.6 Å². The van der Waals surface area contributed by atoms with E-state index in [4.69, 9.17) is 15.9 Å². The third-order valence-electron chi connectivity index (χ3n) is 4.58. The number of carbonyl (C=O) groups is 4. The number of hydrogen-bond donors (Lipinski definition) is 3. The second-order valence-corrected chi connectivity index (χ2v) is 7.06. The molecule has 1 aliphatic rings. The molecule has 0 radical (unpaired) electrons. The molecule has 0 aliphatic carbocycles. The van der Waals surface area contributed by atoms with Crippen LogP contribution in [0.2, 0.25) is 0 Å². The number of rotatable bonds is 5. The SMILES string of the molecule is C#CC[C@H]1NC(=O)CN(CCNC(=O)c2ccc(F)cc2)C(=O)COCCOCCNC1=O. The summed E-state index contributed by atoms with van der Waals surface area (Å²) in [6.07, 6.45) is 5.28. The van der Waals surface area contributed by atoms with Gasteiger partial charge in [-0.1, -0.05) is 0 Å². The van der Waals surface area contributed by atoms with E-state index in [0.29, 0.717) is 0 Å². The number of nitrogens with one attached hydrogen (secondary N) is 3. The van der Waals surface area contributed by atoms with Crippen LogP contribution in [0.15, 0.2) is 24.3 Å². The highest BCUT2D eigenvalue weighted by molar-refractivity contribution is 5.94. The van der Waals surface area contributed by atoms with Gasteiger partial charge in [-0.2, -0.15) is 0 Å². The van der Waals surface area contributed by atoms with Gasteiger partial charge in [0.1, 0.15) is 18.5 Å². The normalized spacial score (nSPS) is 18.8. The zero-order valence-electron chi connectivity index (χ0n) is 18.1. The first-order valence-electron chi connectivity index (χ1n) is 10.4. The average Bonchev–Trinajstić information content (AvgIpc) is 2.79. The van der Waals surface area contributed by atoms with E-state index >= 15 is 0 Å². The van der Waals surface area contributed by atoms with Gasteiger partial charge in [-0.15, -0.1) is 12.3 Å². The molecule has 178 valence electrons. The van der Waals surface area contributed by atoms with Gasteiger partial charge in [0.15, 0.2) is 0 Å². The van der Waals surface area contributed by atoms with Crippen LogP contribution in [0.25, 0.3) is 0 Å². The molecular weight excluding hydrogens is 435 g/mol. The molecule has 0 aromatic heterocycles. The lowest BCUT2D eigenvalue weighted by atomic mass is 10.2. The lowest BCUT2D eigenvalue weighted by Crippen LogP contribution is -2.51. The fourth-order valence-corrected chi connectivity index (χ4v) is 2.88. The lowest BCUT2D eigenvalue weighted by molar-refractivity contribution is -0.140. The minimum Gasteiger partial charge on any atom is -0.377 e. The molecule has 2 rings (SSSR count). The van der Waals surface area contributed by atoms with E-state index in [2.05, 4.69) is 21.9 Å². The van der Waals surface area contributed by atoms with Crippen LogP contribution in [0.1, 0.15) is 16.8 Å². The van der Waals surface area contributed by atoms with Crippen LogP contribution >= 0.6 is 0 Å². The molecule has 1 aromatic rings. The van der Waals surface area contributed by atoms with E-state index in [-0.39, 0.29) is 64.6 Å². The predicted octanol–water partition coefficient (Wildman–Crippen LogP) is -0.945. The van der Waals surface area contributed by atoms with Crippen molar-refractivity contribution in [1.29, 1.82) is 0 Å². The molecule has 1 heterocycles. The van der Waals surface area contributed by atoms with E-state index < -0.39 is 35.5 Å². The number of hydrogen-bond acceptors (Lipinski definition) is 6. The topological polar surface area (TPSA) is 126 Å². The van der Waals surface area contributed by atoms with E-state index in [1.165, 1.54) is 17.0 Å². The molecule has 3 N–H and O–H groups in total. The van der Waals surface area contributed by atoms with E-state index in [1.54, 1.807) is 0 Å². The number of halogens is 1. The number of benzene rings is 1. The van der Waals surface area contributed by atoms with Crippen LogP contribution in [-0.2, 0) is 23.9 Å². The van der Waals surface area contributed by atoms with Crippen molar-refractivity contribution < 1.29 is 33.0 Å². The number of amides is 4. The quantitative estimate of drug-likeness (QED) is 0.485. The molecule has 10 nitrogen and oxygen atoms in total. The third kappa shape index (κ3) is 9.26. The molecule has 1 atom stereocenters. The summed E-state index contributed by atoms with van der Waals surface area (Å²) < 4.78 is 23.6. The number of ether oxygens (including phenoxy) is 2. The summed E-state index contributed by atoms with van der Waals surface area (Å²) in [6, 6.07) is 4.03. The van der Waals surface area contributed by atoms with E-state index in [0.717, 1.165) is 12.1 Å². The minimum absolute atomic E-state index is 0.00501. The van der Waals surface area contributed by atoms with Gasteiger partial charge in [0.2, 0.25) is 17.7 Å². The molecule has 0 bridgehead atoms. The highest BCUT2D eigenvalue weighted by Crippen LogP contribution is 2.02. The maximum atomic E-state index is 13.0. The summed E-state index contributed by atoms with van der Waals surface area (Å²) in [6.45, 7) is 0.238. The first kappa shape index (κ1) is 25.8. The smallest absolute Gasteiger partial charge is 0.251 e. The van der Waals surface area contributed by atoms with Crippen LogP contribution in [0.3, 0.4) is 0 Å². The fraction of sp³-hybridized carbons (Fsp3) is 0.455. The van der Waals surface area contributed by atoms with Crippen molar-refractivity contribution in [2.75, 3.05) is 52.6 Å². The lowest BCUT2D eigenvalue weighted by Gasteiger charge is -2.24. The maximum Gasteiger partial charge on any atom is 0.251 e. The van der Waals surface area contributed by atoms with Crippen molar-refractivity contribution in [3.8, 4) is 12.3 Å². The Bertz CT molecular complexity index is 871. The molecule has 1 fully saturated rings. The molecular formula is C22H27FN4O6. The van der Waals surface area contributed by atoms with E-state index in [1.807, 2.05) is 0 Å². The highest BCUT2D eigenvalue weighted by Gasteiger charge is 2.23. The molecule has 0 spiro atoms. The number of carbonyl (C=O) groups excluding carboxylic acids is 4. The van der Waals surface area contributed by atoms with Gasteiger partial charge >= 0.3 is 0 Å². The Labute approximate surface area is 191 Å². The molecule has 0 unspecified atom stereocenters. The average molecular weight is 462 g/mol. The first-order chi connectivity index (χ1) is 15.9. The highest BCUT2D eigenvalue weighted by atomic mass is 19.1. The second-order valence-electron chi connectivity index (χ2n) is 7.06. The first-order valence-corrected chi connectivity index (χ1v) is 10.4. The second kappa shape index (κ2) is 13.8. The minimum atomic E-state index is -0.959. The molecule has 1 aromatic carbocycles. The van der Waals surface area contributed by atoms with Crippen molar-refractivity contribution >= 4 is 23.6 Å². The Balaban J connectivity index is 2.01. The van der Waals surface area contributed by atoms with Gasteiger partial charge in [-0.3, -0.25) is 19.2 Å². The Kier molecular flexibility index (Phi) is 10.8. The summed E-state index contributed by atoms with van der Waals surface area (Å²) in [4.78, 5) is 50.8. The standard InChI is InChI=1S/C22H27FN4O6/c1-2-3-18-22(31)25-9-11-32-12-13-33-15-20(29)27(14-19(28)26-18)10-8-24-21(30)16-4-6-17(23)7-5-16/h1,4-7,18H,3,8-15H2,(H,24,30)(H,25,31)(H,26,28)/t18-/m1/s1. The van der Waals surface area contributed by atoms with Crippen LogP contribution < -0.4 is 16.0 Å². The Morgan fingerprint density at radius 1 is 1.18 bits per heavy atom. The number of nitrogens with zero attached hydrogens (tertiary/aromatic N) is 1. The van der Waals surface area contributed by atoms with Crippen LogP contribution in [-0.4, -0.2) is 87.2 Å². The zero-order chi connectivity index (χ0) is 24.1. The molecule has 0 saturated carbocycles. The fourth-order valence-electron chi connectivity index (χ4n) is 2.88. The van der Waals surface area contributed by atoms with Gasteiger partial charge in [-0.25, -0.2) is 4.39 Å². The molecule has 4 amide bonds. The summed E-state index contributed by atoms with van der Waals surface area (Å²) in [5.74, 6) is -0.104. The molecule has 11 heteroatoms. The van der Waals surface area contributed by atoms with Gasteiger partial charge < -0.3 is 30.3 Å². The van der Waals surface area contributed by atoms with Gasteiger partial charge in [0.05, 0.1) is 26.4 Å². The predicted molar refractivity (Wildman–Crippen MR) is 115 cm³/mol. The Morgan fingerprint density at radius 2 is 1.91 bits per heavy atom. The monoisotopic (exact) mass is 462 g/mol. The molecule has 1 aliphatic heterocycles. The van der Waals surface area contributed by atoms with Crippen molar-refractivity contribution in [2.24, 2.45) is 0 Å². The van der Waals surface area contributed by atoms with Crippen LogP contribution in [0.5, 0.6) is 0 Å². The van der Waals surface area contributed by atoms with Crippen LogP contribution in [0, 0.1) is 18.2 Å². The van der Waals surface area contributed by atoms with Gasteiger partial charge in [-0.05, 0) is 24.3 Å². The van der Waals surface area contributed by atoms with E-state index in [9.17, 15) is 23.6 Å². The molecule has 1 saturated heterocycles. The van der Waals surface area contributed by atoms with Crippen LogP contribution in [0.4, 0.5) is 4.39 Å². The Hall–Kier alpha value is -3.49.